The molecular weight excluding hydrogens is 332 g/mol. The summed E-state index contributed by atoms with van der Waals surface area (Å²) in [5, 5.41) is 11.5. The molecule has 0 aliphatic heterocycles. The van der Waals surface area contributed by atoms with Crippen molar-refractivity contribution in [3.8, 4) is 0 Å². The number of aliphatic carboxylic acids is 1. The summed E-state index contributed by atoms with van der Waals surface area (Å²) >= 11 is 0. The van der Waals surface area contributed by atoms with Gasteiger partial charge in [-0.25, -0.2) is 13.6 Å². The molecule has 3 atom stereocenters. The summed E-state index contributed by atoms with van der Waals surface area (Å²) in [4.78, 5) is 35.5. The molecule has 1 aromatic carbocycles. The van der Waals surface area contributed by atoms with Crippen molar-refractivity contribution < 1.29 is 28.3 Å². The van der Waals surface area contributed by atoms with Crippen LogP contribution in [-0.2, 0) is 20.8 Å². The van der Waals surface area contributed by atoms with Gasteiger partial charge in [0, 0.05) is 12.8 Å². The number of carboxylic acid groups (broad SMARTS) is 1. The number of rotatable bonds is 10. The van der Waals surface area contributed by atoms with Gasteiger partial charge in [-0.15, -0.1) is 0 Å². The van der Waals surface area contributed by atoms with Crippen LogP contribution in [0.4, 0.5) is 8.78 Å². The van der Waals surface area contributed by atoms with E-state index in [2.05, 4.69) is 5.32 Å². The third kappa shape index (κ3) is 6.25. The molecule has 0 bridgehead atoms. The Morgan fingerprint density at radius 1 is 1.16 bits per heavy atom. The lowest BCUT2D eigenvalue weighted by Crippen LogP contribution is -2.47. The maximum absolute atomic E-state index is 13.2. The van der Waals surface area contributed by atoms with Crippen LogP contribution in [0.1, 0.15) is 32.3 Å². The minimum Gasteiger partial charge on any atom is -0.480 e. The molecule has 0 fully saturated rings. The molecule has 0 aromatic heterocycles. The van der Waals surface area contributed by atoms with Crippen LogP contribution in [0.5, 0.6) is 0 Å². The number of benzene rings is 1. The Morgan fingerprint density at radius 2 is 1.76 bits per heavy atom. The second-order valence-electron chi connectivity index (χ2n) is 5.95. The third-order valence-corrected chi connectivity index (χ3v) is 3.99. The lowest BCUT2D eigenvalue weighted by atomic mass is 9.87. The minimum atomic E-state index is -2.97. The molecule has 5 nitrogen and oxygen atoms in total. The van der Waals surface area contributed by atoms with E-state index in [9.17, 15) is 28.3 Å². The maximum atomic E-state index is 13.2. The van der Waals surface area contributed by atoms with Crippen molar-refractivity contribution in [1.82, 2.24) is 5.32 Å². The highest BCUT2D eigenvalue weighted by atomic mass is 19.3. The Bertz CT molecular complexity index is 592. The van der Waals surface area contributed by atoms with Crippen LogP contribution >= 0.6 is 0 Å². The number of alkyl halides is 2. The third-order valence-electron chi connectivity index (χ3n) is 3.99. The number of hydrogen-bond acceptors (Lipinski definition) is 3. The molecule has 0 heterocycles. The van der Waals surface area contributed by atoms with Gasteiger partial charge in [0.15, 0.2) is 0 Å². The maximum Gasteiger partial charge on any atom is 0.326 e. The van der Waals surface area contributed by atoms with Crippen LogP contribution in [-0.4, -0.2) is 35.2 Å². The largest absolute Gasteiger partial charge is 0.480 e. The fourth-order valence-electron chi connectivity index (χ4n) is 2.57. The zero-order valence-corrected chi connectivity index (χ0v) is 14.2. The smallest absolute Gasteiger partial charge is 0.326 e. The molecule has 0 spiro atoms. The molecule has 1 rings (SSSR count). The first-order chi connectivity index (χ1) is 11.8. The first-order valence-corrected chi connectivity index (χ1v) is 8.15. The van der Waals surface area contributed by atoms with Gasteiger partial charge in [0.25, 0.3) is 0 Å². The quantitative estimate of drug-likeness (QED) is 0.676. The van der Waals surface area contributed by atoms with Crippen LogP contribution in [0, 0.1) is 11.8 Å². The Labute approximate surface area is 145 Å². The van der Waals surface area contributed by atoms with Crippen molar-refractivity contribution in [1.29, 1.82) is 0 Å². The van der Waals surface area contributed by atoms with Gasteiger partial charge in [-0.1, -0.05) is 44.2 Å². The number of hydrogen-bond donors (Lipinski definition) is 2. The molecule has 0 saturated heterocycles. The lowest BCUT2D eigenvalue weighted by molar-refractivity contribution is -0.144. The van der Waals surface area contributed by atoms with E-state index < -0.39 is 42.0 Å². The molecule has 2 N–H and O–H groups in total. The van der Waals surface area contributed by atoms with Crippen LogP contribution in [0.3, 0.4) is 0 Å². The summed E-state index contributed by atoms with van der Waals surface area (Å²) < 4.78 is 26.4. The molecule has 2 unspecified atom stereocenters. The zero-order chi connectivity index (χ0) is 19.0. The zero-order valence-electron chi connectivity index (χ0n) is 14.2. The summed E-state index contributed by atoms with van der Waals surface area (Å²) in [6.45, 7) is 2.91. The normalized spacial score (nSPS) is 14.6. The predicted octanol–water partition coefficient (Wildman–Crippen LogP) is 2.69. The molecule has 0 aliphatic rings. The van der Waals surface area contributed by atoms with E-state index >= 15 is 0 Å². The minimum absolute atomic E-state index is 0.0247. The fourth-order valence-corrected chi connectivity index (χ4v) is 2.57. The number of carbonyl (C=O) groups is 3. The van der Waals surface area contributed by atoms with Crippen molar-refractivity contribution in [2.45, 2.75) is 45.6 Å². The van der Waals surface area contributed by atoms with Crippen LogP contribution in [0.2, 0.25) is 0 Å². The molecule has 138 valence electrons. The Hall–Kier alpha value is -2.31. The summed E-state index contributed by atoms with van der Waals surface area (Å²) in [6, 6.07) is 7.39. The monoisotopic (exact) mass is 355 g/mol. The van der Waals surface area contributed by atoms with E-state index in [1.54, 1.807) is 37.3 Å². The fraction of sp³-hybridized carbons (Fsp3) is 0.500. The topological polar surface area (TPSA) is 83.5 Å². The van der Waals surface area contributed by atoms with Gasteiger partial charge in [-0.2, -0.15) is 0 Å². The lowest BCUT2D eigenvalue weighted by Gasteiger charge is -2.23. The van der Waals surface area contributed by atoms with E-state index in [4.69, 9.17) is 0 Å². The molecule has 1 amide bonds. The number of halogens is 2. The van der Waals surface area contributed by atoms with E-state index in [1.165, 1.54) is 6.92 Å². The number of carbonyl (C=O) groups excluding carboxylic acids is 2. The highest BCUT2D eigenvalue weighted by molar-refractivity contribution is 5.90. The van der Waals surface area contributed by atoms with Crippen molar-refractivity contribution in [3.05, 3.63) is 35.9 Å². The molecular formula is C18H23F2NO4. The highest BCUT2D eigenvalue weighted by Crippen LogP contribution is 2.23. The number of nitrogens with one attached hydrogen (secondary N) is 1. The summed E-state index contributed by atoms with van der Waals surface area (Å²) in [6.07, 6.45) is -2.59. The highest BCUT2D eigenvalue weighted by Gasteiger charge is 2.37. The Morgan fingerprint density at radius 3 is 2.24 bits per heavy atom. The summed E-state index contributed by atoms with van der Waals surface area (Å²) in [7, 11) is 0. The van der Waals surface area contributed by atoms with E-state index in [1.807, 2.05) is 0 Å². The van der Waals surface area contributed by atoms with E-state index in [0.29, 0.717) is 12.0 Å². The van der Waals surface area contributed by atoms with Crippen molar-refractivity contribution in [3.63, 3.8) is 0 Å². The first kappa shape index (κ1) is 20.7. The average molecular weight is 355 g/mol. The standard InChI is InChI=1S/C18H23F2NO4/c1-3-7-14(22)15(16(19)20)11(2)17(23)21-13(18(24)25)10-12-8-5-4-6-9-12/h4-6,8-9,11,13,15-16H,3,7,10H2,1-2H3,(H,21,23)(H,24,25)/t11?,13-,15?/m0/s1. The van der Waals surface area contributed by atoms with Crippen molar-refractivity contribution in [2.24, 2.45) is 11.8 Å². The molecule has 0 radical (unpaired) electrons. The van der Waals surface area contributed by atoms with E-state index in [0.717, 1.165) is 0 Å². The van der Waals surface area contributed by atoms with Gasteiger partial charge in [0.05, 0.1) is 11.8 Å². The van der Waals surface area contributed by atoms with Gasteiger partial charge in [-0.3, -0.25) is 9.59 Å². The Balaban J connectivity index is 2.84. The van der Waals surface area contributed by atoms with Gasteiger partial charge in [0.2, 0.25) is 12.3 Å². The molecule has 0 saturated carbocycles. The van der Waals surface area contributed by atoms with Crippen LogP contribution < -0.4 is 5.32 Å². The molecule has 25 heavy (non-hydrogen) atoms. The SMILES string of the molecule is CCCC(=O)C(C(F)F)C(C)C(=O)N[C@@H](Cc1ccccc1)C(=O)O. The number of ketones is 1. The summed E-state index contributed by atoms with van der Waals surface area (Å²) in [5.41, 5.74) is 0.690. The van der Waals surface area contributed by atoms with Crippen molar-refractivity contribution >= 4 is 17.7 Å². The number of carboxylic acids is 1. The van der Waals surface area contributed by atoms with Crippen LogP contribution in [0.25, 0.3) is 0 Å². The van der Waals surface area contributed by atoms with Crippen molar-refractivity contribution in [2.75, 3.05) is 0 Å². The van der Waals surface area contributed by atoms with Gasteiger partial charge < -0.3 is 10.4 Å². The summed E-state index contributed by atoms with van der Waals surface area (Å²) in [5.74, 6) is -5.85. The van der Waals surface area contributed by atoms with Gasteiger partial charge in [0.1, 0.15) is 11.8 Å². The Kier molecular flexibility index (Phi) is 8.18. The molecule has 7 heteroatoms. The van der Waals surface area contributed by atoms with Gasteiger partial charge in [-0.05, 0) is 12.0 Å². The number of amides is 1. The molecule has 0 aliphatic carbocycles. The average Bonchev–Trinajstić information content (AvgIpc) is 2.54. The second kappa shape index (κ2) is 9.86. The van der Waals surface area contributed by atoms with E-state index in [-0.39, 0.29) is 12.8 Å². The first-order valence-electron chi connectivity index (χ1n) is 8.15. The predicted molar refractivity (Wildman–Crippen MR) is 88.3 cm³/mol. The molecule has 1 aromatic rings. The second-order valence-corrected chi connectivity index (χ2v) is 5.95. The number of Topliss-reactive ketones (excluding diaryl/α,β-unsaturated/α-hetero) is 1. The van der Waals surface area contributed by atoms with Crippen LogP contribution in [0.15, 0.2) is 30.3 Å². The van der Waals surface area contributed by atoms with Gasteiger partial charge >= 0.3 is 5.97 Å².